The maximum Gasteiger partial charge on any atom is 0.306 e. The van der Waals surface area contributed by atoms with E-state index >= 15 is 0 Å². The first-order chi connectivity index (χ1) is 9.09. The third kappa shape index (κ3) is 2.83. The Morgan fingerprint density at radius 2 is 2.16 bits per heavy atom. The van der Waals surface area contributed by atoms with Crippen molar-refractivity contribution in [2.75, 3.05) is 13.7 Å². The second-order valence-corrected chi connectivity index (χ2v) is 4.92. The van der Waals surface area contributed by atoms with Crippen molar-refractivity contribution in [2.24, 2.45) is 0 Å². The highest BCUT2D eigenvalue weighted by atomic mass is 16.6. The van der Waals surface area contributed by atoms with Gasteiger partial charge >= 0.3 is 5.97 Å². The molecule has 4 nitrogen and oxygen atoms in total. The standard InChI is InChI=1S/C15H20O4/c1-4-9-18-13-10-11(5-6-12(13)17-3)15(2)8-7-14(16)19-15/h5-6,10H,4,7-9H2,1-3H3. The number of carbonyl (C=O) groups excluding carboxylic acids is 1. The van der Waals surface area contributed by atoms with Crippen molar-refractivity contribution in [3.63, 3.8) is 0 Å². The van der Waals surface area contributed by atoms with Crippen LogP contribution in [0, 0.1) is 0 Å². The van der Waals surface area contributed by atoms with Crippen LogP contribution in [0.15, 0.2) is 18.2 Å². The Kier molecular flexibility index (Phi) is 3.98. The van der Waals surface area contributed by atoms with Crippen LogP contribution >= 0.6 is 0 Å². The molecule has 1 atom stereocenters. The predicted octanol–water partition coefficient (Wildman–Crippen LogP) is 3.04. The van der Waals surface area contributed by atoms with Crippen LogP contribution in [0.4, 0.5) is 0 Å². The van der Waals surface area contributed by atoms with E-state index in [0.29, 0.717) is 30.9 Å². The molecule has 1 unspecified atom stereocenters. The fourth-order valence-electron chi connectivity index (χ4n) is 2.23. The molecule has 0 radical (unpaired) electrons. The van der Waals surface area contributed by atoms with Gasteiger partial charge in [0.1, 0.15) is 5.60 Å². The average Bonchev–Trinajstić information content (AvgIpc) is 2.77. The number of hydrogen-bond donors (Lipinski definition) is 0. The number of cyclic esters (lactones) is 1. The minimum absolute atomic E-state index is 0.144. The molecule has 1 aliphatic rings. The Morgan fingerprint density at radius 3 is 2.74 bits per heavy atom. The first kappa shape index (κ1) is 13.7. The Bertz CT molecular complexity index is 469. The van der Waals surface area contributed by atoms with Crippen LogP contribution in [0.1, 0.15) is 38.7 Å². The molecule has 1 aromatic rings. The summed E-state index contributed by atoms with van der Waals surface area (Å²) in [4.78, 5) is 11.3. The molecule has 0 bridgehead atoms. The summed E-state index contributed by atoms with van der Waals surface area (Å²) in [5, 5.41) is 0. The van der Waals surface area contributed by atoms with Gasteiger partial charge in [-0.1, -0.05) is 13.0 Å². The lowest BCUT2D eigenvalue weighted by Gasteiger charge is -2.24. The minimum atomic E-state index is -0.548. The van der Waals surface area contributed by atoms with Crippen LogP contribution in [0.2, 0.25) is 0 Å². The molecule has 1 aromatic carbocycles. The smallest absolute Gasteiger partial charge is 0.306 e. The van der Waals surface area contributed by atoms with E-state index in [1.165, 1.54) is 0 Å². The second kappa shape index (κ2) is 5.51. The molecule has 1 fully saturated rings. The molecule has 4 heteroatoms. The largest absolute Gasteiger partial charge is 0.493 e. The Morgan fingerprint density at radius 1 is 1.37 bits per heavy atom. The van der Waals surface area contributed by atoms with Gasteiger partial charge in [-0.3, -0.25) is 4.79 Å². The van der Waals surface area contributed by atoms with Crippen LogP contribution in [-0.2, 0) is 15.1 Å². The van der Waals surface area contributed by atoms with Crippen molar-refractivity contribution in [2.45, 2.75) is 38.7 Å². The van der Waals surface area contributed by atoms with Crippen LogP contribution in [-0.4, -0.2) is 19.7 Å². The quantitative estimate of drug-likeness (QED) is 0.767. The molecule has 104 valence electrons. The Labute approximate surface area is 113 Å². The molecule has 0 saturated carbocycles. The van der Waals surface area contributed by atoms with Gasteiger partial charge in [0.05, 0.1) is 13.7 Å². The first-order valence-corrected chi connectivity index (χ1v) is 6.62. The van der Waals surface area contributed by atoms with E-state index < -0.39 is 5.60 Å². The summed E-state index contributed by atoms with van der Waals surface area (Å²) < 4.78 is 16.4. The fourth-order valence-corrected chi connectivity index (χ4v) is 2.23. The molecule has 1 heterocycles. The third-order valence-electron chi connectivity index (χ3n) is 3.38. The van der Waals surface area contributed by atoms with E-state index in [4.69, 9.17) is 14.2 Å². The van der Waals surface area contributed by atoms with Gasteiger partial charge in [-0.25, -0.2) is 0 Å². The molecule has 0 amide bonds. The molecule has 0 spiro atoms. The van der Waals surface area contributed by atoms with E-state index in [1.54, 1.807) is 7.11 Å². The Hall–Kier alpha value is -1.71. The average molecular weight is 264 g/mol. The number of methoxy groups -OCH3 is 1. The van der Waals surface area contributed by atoms with E-state index in [1.807, 2.05) is 25.1 Å². The van der Waals surface area contributed by atoms with E-state index in [2.05, 4.69) is 6.92 Å². The van der Waals surface area contributed by atoms with E-state index in [0.717, 1.165) is 12.0 Å². The number of esters is 1. The zero-order valence-corrected chi connectivity index (χ0v) is 11.7. The van der Waals surface area contributed by atoms with Gasteiger partial charge in [0.25, 0.3) is 0 Å². The van der Waals surface area contributed by atoms with Gasteiger partial charge < -0.3 is 14.2 Å². The van der Waals surface area contributed by atoms with Crippen molar-refractivity contribution < 1.29 is 19.0 Å². The van der Waals surface area contributed by atoms with Gasteiger partial charge in [-0.2, -0.15) is 0 Å². The molecule has 0 aromatic heterocycles. The molecule has 19 heavy (non-hydrogen) atoms. The summed E-state index contributed by atoms with van der Waals surface area (Å²) in [6.07, 6.45) is 2.10. The predicted molar refractivity (Wildman–Crippen MR) is 71.5 cm³/mol. The lowest BCUT2D eigenvalue weighted by atomic mass is 9.92. The number of carbonyl (C=O) groups is 1. The van der Waals surface area contributed by atoms with Crippen LogP contribution in [0.5, 0.6) is 11.5 Å². The molecule has 2 rings (SSSR count). The van der Waals surface area contributed by atoms with Crippen molar-refractivity contribution in [3.05, 3.63) is 23.8 Å². The van der Waals surface area contributed by atoms with Gasteiger partial charge in [0, 0.05) is 12.8 Å². The second-order valence-electron chi connectivity index (χ2n) is 4.92. The van der Waals surface area contributed by atoms with Gasteiger partial charge in [0.15, 0.2) is 11.5 Å². The van der Waals surface area contributed by atoms with E-state index in [-0.39, 0.29) is 5.97 Å². The zero-order chi connectivity index (χ0) is 13.9. The number of hydrogen-bond acceptors (Lipinski definition) is 4. The molecule has 1 saturated heterocycles. The monoisotopic (exact) mass is 264 g/mol. The van der Waals surface area contributed by atoms with Gasteiger partial charge in [-0.05, 0) is 31.0 Å². The maximum absolute atomic E-state index is 11.3. The van der Waals surface area contributed by atoms with Gasteiger partial charge in [0.2, 0.25) is 0 Å². The number of ether oxygens (including phenoxy) is 3. The lowest BCUT2D eigenvalue weighted by molar-refractivity contribution is -0.147. The molecular formula is C15H20O4. The summed E-state index contributed by atoms with van der Waals surface area (Å²) in [5.41, 5.74) is 0.401. The lowest BCUT2D eigenvalue weighted by Crippen LogP contribution is -2.21. The van der Waals surface area contributed by atoms with Gasteiger partial charge in [-0.15, -0.1) is 0 Å². The Balaban J connectivity index is 2.29. The molecule has 0 aliphatic carbocycles. The van der Waals surface area contributed by atoms with Crippen molar-refractivity contribution in [1.29, 1.82) is 0 Å². The summed E-state index contributed by atoms with van der Waals surface area (Å²) in [5.74, 6) is 1.26. The van der Waals surface area contributed by atoms with Crippen molar-refractivity contribution in [1.82, 2.24) is 0 Å². The fraction of sp³-hybridized carbons (Fsp3) is 0.533. The first-order valence-electron chi connectivity index (χ1n) is 6.62. The summed E-state index contributed by atoms with van der Waals surface area (Å²) in [6.45, 7) is 4.62. The van der Waals surface area contributed by atoms with E-state index in [9.17, 15) is 4.79 Å². The van der Waals surface area contributed by atoms with Crippen molar-refractivity contribution >= 4 is 5.97 Å². The summed E-state index contributed by atoms with van der Waals surface area (Å²) in [7, 11) is 1.62. The van der Waals surface area contributed by atoms with Crippen LogP contribution < -0.4 is 9.47 Å². The SMILES string of the molecule is CCCOc1cc(C2(C)CCC(=O)O2)ccc1OC. The highest BCUT2D eigenvalue weighted by Crippen LogP contribution is 2.40. The topological polar surface area (TPSA) is 44.8 Å². The number of rotatable bonds is 5. The molecular weight excluding hydrogens is 244 g/mol. The van der Waals surface area contributed by atoms with Crippen LogP contribution in [0.25, 0.3) is 0 Å². The molecule has 1 aliphatic heterocycles. The highest BCUT2D eigenvalue weighted by Gasteiger charge is 2.37. The van der Waals surface area contributed by atoms with Crippen LogP contribution in [0.3, 0.4) is 0 Å². The normalized spacial score (nSPS) is 22.2. The number of benzene rings is 1. The maximum atomic E-state index is 11.3. The van der Waals surface area contributed by atoms with Crippen molar-refractivity contribution in [3.8, 4) is 11.5 Å². The zero-order valence-electron chi connectivity index (χ0n) is 11.7. The minimum Gasteiger partial charge on any atom is -0.493 e. The summed E-state index contributed by atoms with van der Waals surface area (Å²) in [6, 6.07) is 5.70. The highest BCUT2D eigenvalue weighted by molar-refractivity contribution is 5.72. The molecule has 0 N–H and O–H groups in total. The third-order valence-corrected chi connectivity index (χ3v) is 3.38. The summed E-state index contributed by atoms with van der Waals surface area (Å²) >= 11 is 0.